The lowest BCUT2D eigenvalue weighted by molar-refractivity contribution is -0.0945. The molecule has 2 rings (SSSR count). The average molecular weight is 451 g/mol. The van der Waals surface area contributed by atoms with Crippen molar-refractivity contribution in [3.63, 3.8) is 0 Å². The summed E-state index contributed by atoms with van der Waals surface area (Å²) in [6.07, 6.45) is -0.108. The predicted molar refractivity (Wildman–Crippen MR) is 105 cm³/mol. The van der Waals surface area contributed by atoms with Crippen LogP contribution >= 0.6 is 24.0 Å². The van der Waals surface area contributed by atoms with E-state index in [0.29, 0.717) is 12.3 Å². The zero-order valence-electron chi connectivity index (χ0n) is 14.5. The van der Waals surface area contributed by atoms with E-state index < -0.39 is 0 Å². The fourth-order valence-electron chi connectivity index (χ4n) is 2.21. The van der Waals surface area contributed by atoms with Crippen LogP contribution in [0.4, 0.5) is 4.39 Å². The van der Waals surface area contributed by atoms with E-state index in [2.05, 4.69) is 22.5 Å². The molecule has 1 atom stereocenters. The monoisotopic (exact) mass is 451 g/mol. The van der Waals surface area contributed by atoms with Crippen molar-refractivity contribution in [1.82, 2.24) is 10.6 Å². The van der Waals surface area contributed by atoms with Crippen LogP contribution in [0.3, 0.4) is 0 Å². The van der Waals surface area contributed by atoms with Crippen LogP contribution in [0.25, 0.3) is 0 Å². The van der Waals surface area contributed by atoms with Crippen molar-refractivity contribution < 1.29 is 13.9 Å². The molecule has 1 aromatic carbocycles. The van der Waals surface area contributed by atoms with Crippen molar-refractivity contribution >= 4 is 29.9 Å². The average Bonchev–Trinajstić information content (AvgIpc) is 2.48. The van der Waals surface area contributed by atoms with Gasteiger partial charge in [-0.25, -0.2) is 4.39 Å². The van der Waals surface area contributed by atoms with E-state index in [1.54, 1.807) is 12.1 Å². The van der Waals surface area contributed by atoms with Crippen molar-refractivity contribution in [3.8, 4) is 5.75 Å². The molecule has 0 spiro atoms. The second-order valence-electron chi connectivity index (χ2n) is 6.27. The van der Waals surface area contributed by atoms with Crippen LogP contribution < -0.4 is 15.4 Å². The first-order valence-electron chi connectivity index (χ1n) is 8.03. The van der Waals surface area contributed by atoms with Crippen molar-refractivity contribution in [1.29, 1.82) is 0 Å². The predicted octanol–water partition coefficient (Wildman–Crippen LogP) is 2.80. The van der Waals surface area contributed by atoms with E-state index in [0.717, 1.165) is 32.3 Å². The second-order valence-corrected chi connectivity index (χ2v) is 6.27. The van der Waals surface area contributed by atoms with Gasteiger partial charge in [0, 0.05) is 18.0 Å². The molecular weight excluding hydrogens is 424 g/mol. The Hall–Kier alpha value is -1.09. The van der Waals surface area contributed by atoms with E-state index in [9.17, 15) is 4.39 Å². The summed E-state index contributed by atoms with van der Waals surface area (Å²) in [5.41, 5.74) is 0.145. The first-order chi connectivity index (χ1) is 11.0. The van der Waals surface area contributed by atoms with Crippen LogP contribution in [0.1, 0.15) is 20.8 Å². The first-order valence-corrected chi connectivity index (χ1v) is 8.03. The van der Waals surface area contributed by atoms with Crippen LogP contribution in [0.5, 0.6) is 5.75 Å². The van der Waals surface area contributed by atoms with Gasteiger partial charge in [0.25, 0.3) is 0 Å². The van der Waals surface area contributed by atoms with E-state index in [-0.39, 0.29) is 41.3 Å². The smallest absolute Gasteiger partial charge is 0.191 e. The molecule has 24 heavy (non-hydrogen) atoms. The second kappa shape index (κ2) is 10.0. The minimum absolute atomic E-state index is 0. The Morgan fingerprint density at radius 3 is 2.75 bits per heavy atom. The topological polar surface area (TPSA) is 54.9 Å². The van der Waals surface area contributed by atoms with Crippen LogP contribution in [0, 0.1) is 11.2 Å². The van der Waals surface area contributed by atoms with Gasteiger partial charge in [0.1, 0.15) is 17.7 Å². The summed E-state index contributed by atoms with van der Waals surface area (Å²) in [4.78, 5) is 4.60. The molecule has 0 aromatic heterocycles. The molecule has 1 fully saturated rings. The summed E-state index contributed by atoms with van der Waals surface area (Å²) in [6, 6.07) is 6.16. The summed E-state index contributed by atoms with van der Waals surface area (Å²) < 4.78 is 24.1. The number of rotatable bonds is 7. The van der Waals surface area contributed by atoms with Crippen LogP contribution in [-0.2, 0) is 4.74 Å². The zero-order chi connectivity index (χ0) is 16.7. The maximum absolute atomic E-state index is 13.1. The molecule has 1 aromatic rings. The first kappa shape index (κ1) is 21.0. The standard InChI is InChI=1S/C17H26FN3O2.HI/c1-4-19-16(21-10-17(3)11-22-12-17)20-9-13(2)23-15-7-5-6-14(18)8-15;/h5-8,13H,4,9-12H2,1-3H3,(H2,19,20,21);1H. The summed E-state index contributed by atoms with van der Waals surface area (Å²) in [5.74, 6) is 0.990. The maximum atomic E-state index is 13.1. The van der Waals surface area contributed by atoms with Crippen molar-refractivity contribution in [2.75, 3.05) is 32.8 Å². The number of ether oxygens (including phenoxy) is 2. The number of nitrogens with one attached hydrogen (secondary N) is 2. The molecule has 5 nitrogen and oxygen atoms in total. The summed E-state index contributed by atoms with van der Waals surface area (Å²) >= 11 is 0. The minimum atomic E-state index is -0.298. The van der Waals surface area contributed by atoms with Gasteiger partial charge in [0.2, 0.25) is 0 Å². The van der Waals surface area contributed by atoms with Gasteiger partial charge in [-0.1, -0.05) is 13.0 Å². The van der Waals surface area contributed by atoms with Gasteiger partial charge < -0.3 is 20.1 Å². The van der Waals surface area contributed by atoms with Crippen molar-refractivity contribution in [2.24, 2.45) is 10.4 Å². The van der Waals surface area contributed by atoms with Crippen LogP contribution in [0.2, 0.25) is 0 Å². The molecule has 0 radical (unpaired) electrons. The third-order valence-electron chi connectivity index (χ3n) is 3.55. The molecule has 7 heteroatoms. The molecule has 2 N–H and O–H groups in total. The Labute approximate surface area is 160 Å². The molecule has 0 bridgehead atoms. The Morgan fingerprint density at radius 2 is 2.17 bits per heavy atom. The lowest BCUT2D eigenvalue weighted by atomic mass is 9.89. The molecule has 0 saturated carbocycles. The Balaban J connectivity index is 0.00000288. The lowest BCUT2D eigenvalue weighted by Crippen LogP contribution is -2.45. The minimum Gasteiger partial charge on any atom is -0.489 e. The number of nitrogens with zero attached hydrogens (tertiary/aromatic N) is 1. The molecule has 1 saturated heterocycles. The Kier molecular flexibility index (Phi) is 8.75. The largest absolute Gasteiger partial charge is 0.489 e. The Morgan fingerprint density at radius 1 is 1.42 bits per heavy atom. The fraction of sp³-hybridized carbons (Fsp3) is 0.588. The molecule has 1 aliphatic rings. The van der Waals surface area contributed by atoms with E-state index >= 15 is 0 Å². The van der Waals surface area contributed by atoms with Gasteiger partial charge in [-0.3, -0.25) is 4.99 Å². The van der Waals surface area contributed by atoms with Gasteiger partial charge in [-0.15, -0.1) is 24.0 Å². The highest BCUT2D eigenvalue weighted by molar-refractivity contribution is 14.0. The molecule has 0 amide bonds. The molecule has 0 aliphatic carbocycles. The van der Waals surface area contributed by atoms with Crippen LogP contribution in [-0.4, -0.2) is 44.9 Å². The van der Waals surface area contributed by atoms with E-state index in [1.165, 1.54) is 12.1 Å². The quantitative estimate of drug-likeness (QED) is 0.381. The number of guanidine groups is 1. The van der Waals surface area contributed by atoms with E-state index in [4.69, 9.17) is 9.47 Å². The van der Waals surface area contributed by atoms with Gasteiger partial charge in [0.05, 0.1) is 26.3 Å². The van der Waals surface area contributed by atoms with Gasteiger partial charge in [-0.2, -0.15) is 0 Å². The summed E-state index contributed by atoms with van der Waals surface area (Å²) in [5, 5.41) is 6.47. The highest BCUT2D eigenvalue weighted by Crippen LogP contribution is 2.26. The number of halogens is 2. The number of aliphatic imine (C=N–C) groups is 1. The van der Waals surface area contributed by atoms with Gasteiger partial charge >= 0.3 is 0 Å². The van der Waals surface area contributed by atoms with Gasteiger partial charge in [0.15, 0.2) is 5.96 Å². The van der Waals surface area contributed by atoms with Gasteiger partial charge in [-0.05, 0) is 26.0 Å². The maximum Gasteiger partial charge on any atom is 0.191 e. The van der Waals surface area contributed by atoms with Crippen LogP contribution in [0.15, 0.2) is 29.3 Å². The fourth-order valence-corrected chi connectivity index (χ4v) is 2.21. The lowest BCUT2D eigenvalue weighted by Gasteiger charge is -2.36. The third kappa shape index (κ3) is 6.80. The summed E-state index contributed by atoms with van der Waals surface area (Å²) in [7, 11) is 0. The van der Waals surface area contributed by atoms with Crippen molar-refractivity contribution in [2.45, 2.75) is 26.9 Å². The number of hydrogen-bond donors (Lipinski definition) is 2. The normalized spacial score (nSPS) is 17.2. The molecule has 1 heterocycles. The highest BCUT2D eigenvalue weighted by atomic mass is 127. The Bertz CT molecular complexity index is 538. The SMILES string of the molecule is CCNC(=NCC1(C)COC1)NCC(C)Oc1cccc(F)c1.I. The molecule has 1 aliphatic heterocycles. The third-order valence-corrected chi connectivity index (χ3v) is 3.55. The summed E-state index contributed by atoms with van der Waals surface area (Å²) in [6.45, 7) is 9.74. The molecule has 136 valence electrons. The van der Waals surface area contributed by atoms with Crippen molar-refractivity contribution in [3.05, 3.63) is 30.1 Å². The number of hydrogen-bond acceptors (Lipinski definition) is 3. The molecular formula is C17H27FIN3O2. The van der Waals surface area contributed by atoms with E-state index in [1.807, 2.05) is 13.8 Å². The zero-order valence-corrected chi connectivity index (χ0v) is 16.8. The highest BCUT2D eigenvalue weighted by Gasteiger charge is 2.33. The number of benzene rings is 1. The molecule has 1 unspecified atom stereocenters.